The molecule has 0 fully saturated rings. The van der Waals surface area contributed by atoms with Gasteiger partial charge >= 0.3 is 0 Å². The third-order valence-corrected chi connectivity index (χ3v) is 2.90. The van der Waals surface area contributed by atoms with E-state index in [1.807, 2.05) is 0 Å². The molecule has 7 heteroatoms. The summed E-state index contributed by atoms with van der Waals surface area (Å²) in [5, 5.41) is 5.88. The van der Waals surface area contributed by atoms with Crippen molar-refractivity contribution in [2.24, 2.45) is 0 Å². The quantitative estimate of drug-likeness (QED) is 0.878. The van der Waals surface area contributed by atoms with Crippen LogP contribution in [0.3, 0.4) is 0 Å². The maximum absolute atomic E-state index is 12.2. The minimum Gasteiger partial charge on any atom is -0.384 e. The van der Waals surface area contributed by atoms with Crippen molar-refractivity contribution in [3.8, 4) is 0 Å². The molecule has 20 heavy (non-hydrogen) atoms. The third kappa shape index (κ3) is 3.74. The summed E-state index contributed by atoms with van der Waals surface area (Å²) in [4.78, 5) is 24.3. The number of aromatic nitrogens is 3. The number of halogens is 1. The van der Waals surface area contributed by atoms with Gasteiger partial charge < -0.3 is 10.6 Å². The molecule has 0 bridgehead atoms. The number of carbonyl (C=O) groups is 1. The van der Waals surface area contributed by atoms with Crippen molar-refractivity contribution in [1.29, 1.82) is 0 Å². The van der Waals surface area contributed by atoms with Gasteiger partial charge in [0.1, 0.15) is 4.60 Å². The number of hydrogen-bond acceptors (Lipinski definition) is 5. The van der Waals surface area contributed by atoms with E-state index in [1.165, 1.54) is 18.6 Å². The first-order chi connectivity index (χ1) is 9.70. The molecule has 104 valence electrons. The lowest BCUT2D eigenvalue weighted by Gasteiger charge is -2.10. The molecule has 0 saturated carbocycles. The fraction of sp³-hybridized carbons (Fsp3) is 0.231. The second kappa shape index (κ2) is 6.95. The molecule has 0 radical (unpaired) electrons. The number of rotatable bonds is 5. The topological polar surface area (TPSA) is 79.8 Å². The molecule has 2 heterocycles. The number of anilines is 2. The summed E-state index contributed by atoms with van der Waals surface area (Å²) >= 11 is 3.19. The van der Waals surface area contributed by atoms with Crippen molar-refractivity contribution >= 4 is 33.3 Å². The molecule has 0 aliphatic heterocycles. The predicted molar refractivity (Wildman–Crippen MR) is 80.7 cm³/mol. The Morgan fingerprint density at radius 2 is 2.15 bits per heavy atom. The van der Waals surface area contributed by atoms with E-state index in [4.69, 9.17) is 0 Å². The van der Waals surface area contributed by atoms with Gasteiger partial charge in [-0.05, 0) is 28.4 Å². The summed E-state index contributed by atoms with van der Waals surface area (Å²) in [6.45, 7) is 2.85. The zero-order chi connectivity index (χ0) is 14.4. The smallest absolute Gasteiger partial charge is 0.260 e. The van der Waals surface area contributed by atoms with Gasteiger partial charge in [0.2, 0.25) is 0 Å². The summed E-state index contributed by atoms with van der Waals surface area (Å²) in [7, 11) is 0. The molecule has 6 nitrogen and oxygen atoms in total. The van der Waals surface area contributed by atoms with Gasteiger partial charge in [0, 0.05) is 18.9 Å². The monoisotopic (exact) mass is 335 g/mol. The summed E-state index contributed by atoms with van der Waals surface area (Å²) in [5.74, 6) is 0.122. The Kier molecular flexibility index (Phi) is 5.00. The summed E-state index contributed by atoms with van der Waals surface area (Å²) in [6, 6.07) is 1.78. The minimum atomic E-state index is -0.270. The fourth-order valence-electron chi connectivity index (χ4n) is 1.55. The molecule has 0 aromatic carbocycles. The Morgan fingerprint density at radius 1 is 1.30 bits per heavy atom. The van der Waals surface area contributed by atoms with Crippen molar-refractivity contribution in [2.45, 2.75) is 13.3 Å². The van der Waals surface area contributed by atoms with Crippen LogP contribution in [-0.2, 0) is 0 Å². The zero-order valence-electron chi connectivity index (χ0n) is 10.9. The van der Waals surface area contributed by atoms with Crippen LogP contribution in [0.25, 0.3) is 0 Å². The Balaban J connectivity index is 2.14. The Bertz CT molecular complexity index is 588. The van der Waals surface area contributed by atoms with Crippen LogP contribution in [-0.4, -0.2) is 27.4 Å². The molecular weight excluding hydrogens is 322 g/mol. The van der Waals surface area contributed by atoms with Crippen molar-refractivity contribution < 1.29 is 4.79 Å². The first kappa shape index (κ1) is 14.4. The first-order valence-corrected chi connectivity index (χ1v) is 6.96. The van der Waals surface area contributed by atoms with Gasteiger partial charge in [0.25, 0.3) is 5.91 Å². The molecule has 0 spiro atoms. The maximum atomic E-state index is 12.2. The molecule has 0 atom stereocenters. The van der Waals surface area contributed by atoms with Crippen LogP contribution in [0.1, 0.15) is 23.7 Å². The highest BCUT2D eigenvalue weighted by Gasteiger charge is 2.12. The number of amides is 1. The first-order valence-electron chi connectivity index (χ1n) is 6.17. The lowest BCUT2D eigenvalue weighted by Crippen LogP contribution is -2.16. The molecule has 2 N–H and O–H groups in total. The van der Waals surface area contributed by atoms with E-state index in [9.17, 15) is 4.79 Å². The second-order valence-electron chi connectivity index (χ2n) is 4.03. The van der Waals surface area contributed by atoms with Gasteiger partial charge in [-0.1, -0.05) is 6.92 Å². The average Bonchev–Trinajstić information content (AvgIpc) is 2.47. The molecule has 2 rings (SSSR count). The molecule has 0 aliphatic carbocycles. The van der Waals surface area contributed by atoms with Gasteiger partial charge in [-0.3, -0.25) is 9.78 Å². The molecule has 2 aromatic heterocycles. The fourth-order valence-corrected chi connectivity index (χ4v) is 1.75. The normalized spacial score (nSPS) is 10.1. The van der Waals surface area contributed by atoms with Crippen LogP contribution in [0.4, 0.5) is 11.5 Å². The maximum Gasteiger partial charge on any atom is 0.260 e. The van der Waals surface area contributed by atoms with Gasteiger partial charge in [-0.15, -0.1) is 0 Å². The highest BCUT2D eigenvalue weighted by molar-refractivity contribution is 9.10. The highest BCUT2D eigenvalue weighted by atomic mass is 79.9. The van der Waals surface area contributed by atoms with Gasteiger partial charge in [-0.25, -0.2) is 9.97 Å². The molecule has 1 amide bonds. The number of hydrogen-bond donors (Lipinski definition) is 2. The second-order valence-corrected chi connectivity index (χ2v) is 4.84. The Morgan fingerprint density at radius 3 is 2.85 bits per heavy atom. The number of nitrogens with one attached hydrogen (secondary N) is 2. The minimum absolute atomic E-state index is 0.270. The van der Waals surface area contributed by atoms with Crippen molar-refractivity contribution in [1.82, 2.24) is 15.0 Å². The van der Waals surface area contributed by atoms with Crippen LogP contribution in [0, 0.1) is 0 Å². The highest BCUT2D eigenvalue weighted by Crippen LogP contribution is 2.15. The lowest BCUT2D eigenvalue weighted by atomic mass is 10.2. The van der Waals surface area contributed by atoms with E-state index in [-0.39, 0.29) is 5.91 Å². The summed E-state index contributed by atoms with van der Waals surface area (Å²) in [6.07, 6.45) is 7.15. The van der Waals surface area contributed by atoms with Gasteiger partial charge in [0.05, 0.1) is 23.6 Å². The lowest BCUT2D eigenvalue weighted by molar-refractivity contribution is 0.102. The summed E-state index contributed by atoms with van der Waals surface area (Å²) < 4.78 is 0.613. The van der Waals surface area contributed by atoms with Crippen molar-refractivity contribution in [3.05, 3.63) is 41.0 Å². The van der Waals surface area contributed by atoms with Crippen molar-refractivity contribution in [2.75, 3.05) is 17.2 Å². The van der Waals surface area contributed by atoms with E-state index in [2.05, 4.69) is 48.4 Å². The number of nitrogens with zero attached hydrogens (tertiary/aromatic N) is 3. The predicted octanol–water partition coefficient (Wildman–Crippen LogP) is 2.71. The van der Waals surface area contributed by atoms with Crippen LogP contribution in [0.15, 0.2) is 35.5 Å². The average molecular weight is 336 g/mol. The standard InChI is InChI=1S/C13H14BrN5O/c1-2-4-16-10-3-5-15-6-9(10)13(20)19-12-8-17-11(14)7-18-12/h3,5-8H,2,4H2,1H3,(H,15,16)(H,18,19,20). The van der Waals surface area contributed by atoms with E-state index in [1.54, 1.807) is 12.3 Å². The molecule has 0 unspecified atom stereocenters. The van der Waals surface area contributed by atoms with Gasteiger partial charge in [0.15, 0.2) is 5.82 Å². The van der Waals surface area contributed by atoms with E-state index in [0.29, 0.717) is 16.0 Å². The SMILES string of the molecule is CCCNc1ccncc1C(=O)Nc1cnc(Br)cn1. The molecule has 0 aliphatic rings. The van der Waals surface area contributed by atoms with Crippen molar-refractivity contribution in [3.63, 3.8) is 0 Å². The van der Waals surface area contributed by atoms with E-state index < -0.39 is 0 Å². The Labute approximate surface area is 125 Å². The van der Waals surface area contributed by atoms with Crippen LogP contribution in [0.2, 0.25) is 0 Å². The summed E-state index contributed by atoms with van der Waals surface area (Å²) in [5.41, 5.74) is 1.23. The zero-order valence-corrected chi connectivity index (χ0v) is 12.5. The largest absolute Gasteiger partial charge is 0.384 e. The molecular formula is C13H14BrN5O. The van der Waals surface area contributed by atoms with Crippen LogP contribution < -0.4 is 10.6 Å². The number of pyridine rings is 1. The molecule has 2 aromatic rings. The van der Waals surface area contributed by atoms with E-state index in [0.717, 1.165) is 18.7 Å². The number of carbonyl (C=O) groups excluding carboxylic acids is 1. The van der Waals surface area contributed by atoms with Gasteiger partial charge in [-0.2, -0.15) is 0 Å². The van der Waals surface area contributed by atoms with Crippen LogP contribution >= 0.6 is 15.9 Å². The third-order valence-electron chi connectivity index (χ3n) is 2.49. The van der Waals surface area contributed by atoms with E-state index >= 15 is 0 Å². The van der Waals surface area contributed by atoms with Crippen LogP contribution in [0.5, 0.6) is 0 Å². The Hall–Kier alpha value is -2.02. The molecule has 0 saturated heterocycles.